The molecule has 0 spiro atoms. The Balaban J connectivity index is 1.66. The van der Waals surface area contributed by atoms with Gasteiger partial charge in [-0.3, -0.25) is 9.36 Å². The standard InChI is InChI=1S/C25H22Cl2N4OS/c1-15-8-6-9-21(17(15)3)28-23(32)14-33-25-30-29-24(19-12-11-18(26)13-20(19)27)31(25)22-10-5-4-7-16(22)2/h4-13H,14H2,1-3H3,(H,28,32). The van der Waals surface area contributed by atoms with Crippen LogP contribution in [0.4, 0.5) is 5.69 Å². The Hall–Kier alpha value is -2.80. The van der Waals surface area contributed by atoms with E-state index in [4.69, 9.17) is 23.2 Å². The molecule has 1 amide bonds. The largest absolute Gasteiger partial charge is 0.325 e. The van der Waals surface area contributed by atoms with Crippen molar-refractivity contribution in [2.75, 3.05) is 11.1 Å². The topological polar surface area (TPSA) is 59.8 Å². The number of aromatic nitrogens is 3. The third kappa shape index (κ3) is 5.08. The summed E-state index contributed by atoms with van der Waals surface area (Å²) in [5, 5.41) is 13.4. The number of nitrogens with zero attached hydrogens (tertiary/aromatic N) is 3. The molecule has 0 radical (unpaired) electrons. The molecule has 4 aromatic rings. The molecule has 1 N–H and O–H groups in total. The number of halogens is 2. The fraction of sp³-hybridized carbons (Fsp3) is 0.160. The Morgan fingerprint density at radius 1 is 0.970 bits per heavy atom. The predicted octanol–water partition coefficient (Wildman–Crippen LogP) is 6.90. The van der Waals surface area contributed by atoms with Gasteiger partial charge in [0, 0.05) is 16.3 Å². The fourth-order valence-corrected chi connectivity index (χ4v) is 4.68. The Kier molecular flexibility index (Phi) is 7.08. The van der Waals surface area contributed by atoms with Crippen molar-refractivity contribution >= 4 is 46.6 Å². The number of rotatable bonds is 6. The molecule has 0 bridgehead atoms. The summed E-state index contributed by atoms with van der Waals surface area (Å²) in [6.45, 7) is 6.03. The average molecular weight is 497 g/mol. The quantitative estimate of drug-likeness (QED) is 0.295. The molecule has 0 unspecified atom stereocenters. The Morgan fingerprint density at radius 2 is 1.73 bits per heavy atom. The lowest BCUT2D eigenvalue weighted by molar-refractivity contribution is -0.113. The number of benzene rings is 3. The lowest BCUT2D eigenvalue weighted by Crippen LogP contribution is -2.15. The minimum Gasteiger partial charge on any atom is -0.325 e. The van der Waals surface area contributed by atoms with Gasteiger partial charge in [-0.2, -0.15) is 0 Å². The first kappa shape index (κ1) is 23.4. The van der Waals surface area contributed by atoms with Crippen LogP contribution in [0.25, 0.3) is 17.1 Å². The lowest BCUT2D eigenvalue weighted by Gasteiger charge is -2.14. The number of carbonyl (C=O) groups is 1. The molecule has 0 aliphatic rings. The second-order valence-corrected chi connectivity index (χ2v) is 9.42. The Bertz CT molecular complexity index is 1340. The summed E-state index contributed by atoms with van der Waals surface area (Å²) in [5.41, 5.74) is 5.67. The molecule has 5 nitrogen and oxygen atoms in total. The molecule has 0 saturated carbocycles. The number of aryl methyl sites for hydroxylation is 2. The van der Waals surface area contributed by atoms with Crippen LogP contribution >= 0.6 is 35.0 Å². The van der Waals surface area contributed by atoms with Gasteiger partial charge in [-0.05, 0) is 67.8 Å². The highest BCUT2D eigenvalue weighted by atomic mass is 35.5. The van der Waals surface area contributed by atoms with Crippen LogP contribution in [-0.4, -0.2) is 26.4 Å². The highest BCUT2D eigenvalue weighted by Crippen LogP contribution is 2.34. The SMILES string of the molecule is Cc1ccccc1-n1c(SCC(=O)Nc2cccc(C)c2C)nnc1-c1ccc(Cl)cc1Cl. The van der Waals surface area contributed by atoms with Crippen molar-refractivity contribution < 1.29 is 4.79 Å². The van der Waals surface area contributed by atoms with Gasteiger partial charge in [0.2, 0.25) is 5.91 Å². The zero-order chi connectivity index (χ0) is 23.5. The van der Waals surface area contributed by atoms with Gasteiger partial charge in [-0.25, -0.2) is 0 Å². The summed E-state index contributed by atoms with van der Waals surface area (Å²) in [4.78, 5) is 12.7. The molecule has 0 fully saturated rings. The van der Waals surface area contributed by atoms with Gasteiger partial charge in [-0.1, -0.05) is 65.3 Å². The number of anilines is 1. The number of nitrogens with one attached hydrogen (secondary N) is 1. The summed E-state index contributed by atoms with van der Waals surface area (Å²) < 4.78 is 1.93. The summed E-state index contributed by atoms with van der Waals surface area (Å²) in [7, 11) is 0. The number of thioether (sulfide) groups is 1. The molecule has 0 aliphatic carbocycles. The molecule has 1 heterocycles. The number of para-hydroxylation sites is 1. The average Bonchev–Trinajstić information content (AvgIpc) is 3.19. The van der Waals surface area contributed by atoms with E-state index in [0.717, 1.165) is 28.1 Å². The summed E-state index contributed by atoms with van der Waals surface area (Å²) >= 11 is 13.9. The van der Waals surface area contributed by atoms with Gasteiger partial charge in [0.25, 0.3) is 0 Å². The second kappa shape index (κ2) is 10.00. The van der Waals surface area contributed by atoms with Crippen LogP contribution in [0.2, 0.25) is 10.0 Å². The highest BCUT2D eigenvalue weighted by Gasteiger charge is 2.20. The molecular formula is C25H22Cl2N4OS. The summed E-state index contributed by atoms with van der Waals surface area (Å²) in [6, 6.07) is 19.1. The first-order chi connectivity index (χ1) is 15.8. The third-order valence-corrected chi connectivity index (χ3v) is 6.85. The van der Waals surface area contributed by atoms with E-state index in [1.165, 1.54) is 11.8 Å². The lowest BCUT2D eigenvalue weighted by atomic mass is 10.1. The molecule has 3 aromatic carbocycles. The predicted molar refractivity (Wildman–Crippen MR) is 137 cm³/mol. The molecule has 33 heavy (non-hydrogen) atoms. The van der Waals surface area contributed by atoms with E-state index >= 15 is 0 Å². The van der Waals surface area contributed by atoms with Crippen LogP contribution in [0, 0.1) is 20.8 Å². The van der Waals surface area contributed by atoms with Crippen LogP contribution in [0.15, 0.2) is 65.8 Å². The first-order valence-electron chi connectivity index (χ1n) is 10.3. The van der Waals surface area contributed by atoms with Crippen molar-refractivity contribution in [2.24, 2.45) is 0 Å². The van der Waals surface area contributed by atoms with Crippen LogP contribution in [-0.2, 0) is 4.79 Å². The summed E-state index contributed by atoms with van der Waals surface area (Å²) in [5.74, 6) is 0.661. The van der Waals surface area contributed by atoms with Crippen molar-refractivity contribution in [3.05, 3.63) is 87.4 Å². The molecule has 4 rings (SSSR count). The maximum atomic E-state index is 12.7. The number of hydrogen-bond donors (Lipinski definition) is 1. The van der Waals surface area contributed by atoms with Crippen LogP contribution in [0.5, 0.6) is 0 Å². The van der Waals surface area contributed by atoms with E-state index in [2.05, 4.69) is 15.5 Å². The van der Waals surface area contributed by atoms with E-state index < -0.39 is 0 Å². The van der Waals surface area contributed by atoms with Gasteiger partial charge in [0.15, 0.2) is 11.0 Å². The zero-order valence-electron chi connectivity index (χ0n) is 18.4. The smallest absolute Gasteiger partial charge is 0.234 e. The number of hydrogen-bond acceptors (Lipinski definition) is 4. The van der Waals surface area contributed by atoms with Gasteiger partial charge in [0.05, 0.1) is 16.5 Å². The van der Waals surface area contributed by atoms with E-state index in [1.807, 2.05) is 73.9 Å². The van der Waals surface area contributed by atoms with Gasteiger partial charge >= 0.3 is 0 Å². The van der Waals surface area contributed by atoms with Crippen molar-refractivity contribution in [2.45, 2.75) is 25.9 Å². The van der Waals surface area contributed by atoms with Crippen molar-refractivity contribution in [3.63, 3.8) is 0 Å². The van der Waals surface area contributed by atoms with Crippen LogP contribution in [0.3, 0.4) is 0 Å². The maximum Gasteiger partial charge on any atom is 0.234 e. The van der Waals surface area contributed by atoms with E-state index in [9.17, 15) is 4.79 Å². The highest BCUT2D eigenvalue weighted by molar-refractivity contribution is 7.99. The molecular weight excluding hydrogens is 475 g/mol. The number of carbonyl (C=O) groups excluding carboxylic acids is 1. The Labute approximate surface area is 207 Å². The van der Waals surface area contributed by atoms with Crippen molar-refractivity contribution in [1.82, 2.24) is 14.8 Å². The Morgan fingerprint density at radius 3 is 2.48 bits per heavy atom. The second-order valence-electron chi connectivity index (χ2n) is 7.64. The fourth-order valence-electron chi connectivity index (χ4n) is 3.44. The molecule has 0 atom stereocenters. The normalized spacial score (nSPS) is 10.9. The van der Waals surface area contributed by atoms with E-state index in [0.29, 0.717) is 26.6 Å². The molecule has 8 heteroatoms. The molecule has 168 valence electrons. The van der Waals surface area contributed by atoms with Crippen molar-refractivity contribution in [1.29, 1.82) is 0 Å². The minimum atomic E-state index is -0.112. The van der Waals surface area contributed by atoms with Crippen LogP contribution in [0.1, 0.15) is 16.7 Å². The van der Waals surface area contributed by atoms with Crippen molar-refractivity contribution in [3.8, 4) is 17.1 Å². The molecule has 1 aromatic heterocycles. The van der Waals surface area contributed by atoms with Gasteiger partial charge in [0.1, 0.15) is 0 Å². The minimum absolute atomic E-state index is 0.112. The molecule has 0 saturated heterocycles. The third-order valence-electron chi connectivity index (χ3n) is 5.37. The first-order valence-corrected chi connectivity index (χ1v) is 12.0. The zero-order valence-corrected chi connectivity index (χ0v) is 20.7. The van der Waals surface area contributed by atoms with Crippen LogP contribution < -0.4 is 5.32 Å². The molecule has 0 aliphatic heterocycles. The number of amides is 1. The van der Waals surface area contributed by atoms with Gasteiger partial charge < -0.3 is 5.32 Å². The van der Waals surface area contributed by atoms with E-state index in [-0.39, 0.29) is 11.7 Å². The summed E-state index contributed by atoms with van der Waals surface area (Å²) in [6.07, 6.45) is 0. The monoisotopic (exact) mass is 496 g/mol. The van der Waals surface area contributed by atoms with Gasteiger partial charge in [-0.15, -0.1) is 10.2 Å². The maximum absolute atomic E-state index is 12.7. The van der Waals surface area contributed by atoms with E-state index in [1.54, 1.807) is 12.1 Å².